The molecule has 0 saturated carbocycles. The number of allylic oxidation sites excluding steroid dienone is 4. The highest BCUT2D eigenvalue weighted by Gasteiger charge is 2.30. The fourth-order valence-corrected chi connectivity index (χ4v) is 9.26. The highest BCUT2D eigenvalue weighted by Crippen LogP contribution is 2.45. The third-order valence-corrected chi connectivity index (χ3v) is 14.1. The van der Waals surface area contributed by atoms with Crippen LogP contribution in [0.1, 0.15) is 252 Å². The number of aliphatic hydroxyl groups excluding tert-OH is 1. The number of carbonyl (C=O) groups is 4. The zero-order valence-electron chi connectivity index (χ0n) is 47.0. The van der Waals surface area contributed by atoms with Crippen molar-refractivity contribution in [2.75, 3.05) is 39.6 Å². The molecule has 0 heterocycles. The van der Waals surface area contributed by atoms with Gasteiger partial charge >= 0.3 is 39.5 Å². The minimum Gasteiger partial charge on any atom is -0.462 e. The van der Waals surface area contributed by atoms with E-state index in [1.165, 1.54) is 44.9 Å². The van der Waals surface area contributed by atoms with E-state index in [-0.39, 0.29) is 25.7 Å². The first-order valence-electron chi connectivity index (χ1n) is 29.1. The second-order valence-electron chi connectivity index (χ2n) is 19.6. The number of aliphatic hydroxyl groups is 1. The quantitative estimate of drug-likeness (QED) is 0.0169. The topological polar surface area (TPSA) is 237 Å². The van der Waals surface area contributed by atoms with E-state index < -0.39 is 97.5 Å². The Labute approximate surface area is 452 Å². The van der Waals surface area contributed by atoms with E-state index in [2.05, 4.69) is 52.0 Å². The van der Waals surface area contributed by atoms with Crippen LogP contribution in [-0.4, -0.2) is 96.7 Å². The summed E-state index contributed by atoms with van der Waals surface area (Å²) in [6.45, 7) is 4.60. The van der Waals surface area contributed by atoms with Crippen LogP contribution in [0.4, 0.5) is 0 Å². The lowest BCUT2D eigenvalue weighted by Gasteiger charge is -2.21. The third-order valence-electron chi connectivity index (χ3n) is 12.2. The van der Waals surface area contributed by atoms with Crippen LogP contribution in [0.2, 0.25) is 0 Å². The summed E-state index contributed by atoms with van der Waals surface area (Å²) in [5, 5.41) is 10.4. The molecule has 75 heavy (non-hydrogen) atoms. The Morgan fingerprint density at radius 2 is 0.640 bits per heavy atom. The molecule has 0 aromatic carbocycles. The average Bonchev–Trinajstić information content (AvgIpc) is 3.38. The molecule has 0 spiro atoms. The van der Waals surface area contributed by atoms with Crippen molar-refractivity contribution < 1.29 is 80.2 Å². The second kappa shape index (κ2) is 51.0. The first-order valence-corrected chi connectivity index (χ1v) is 32.1. The van der Waals surface area contributed by atoms with Crippen LogP contribution in [-0.2, 0) is 65.4 Å². The van der Waals surface area contributed by atoms with Gasteiger partial charge in [0, 0.05) is 25.7 Å². The maximum atomic E-state index is 12.9. The van der Waals surface area contributed by atoms with Crippen molar-refractivity contribution in [2.45, 2.75) is 271 Å². The Morgan fingerprint density at radius 3 is 0.973 bits per heavy atom. The summed E-state index contributed by atoms with van der Waals surface area (Å²) in [7, 11) is -9.86. The molecule has 5 atom stereocenters. The van der Waals surface area contributed by atoms with Gasteiger partial charge in [-0.1, -0.05) is 200 Å². The van der Waals surface area contributed by atoms with Gasteiger partial charge < -0.3 is 33.8 Å². The van der Waals surface area contributed by atoms with Crippen LogP contribution in [0.3, 0.4) is 0 Å². The average molecular weight is 1110 g/mol. The van der Waals surface area contributed by atoms with Gasteiger partial charge in [-0.05, 0) is 51.4 Å². The maximum Gasteiger partial charge on any atom is 0.472 e. The molecule has 3 N–H and O–H groups in total. The molecule has 0 aliphatic carbocycles. The van der Waals surface area contributed by atoms with Gasteiger partial charge in [0.15, 0.2) is 12.2 Å². The van der Waals surface area contributed by atoms with Crippen LogP contribution in [0.5, 0.6) is 0 Å². The van der Waals surface area contributed by atoms with Gasteiger partial charge in [-0.15, -0.1) is 0 Å². The van der Waals surface area contributed by atoms with Gasteiger partial charge in [0.2, 0.25) is 0 Å². The van der Waals surface area contributed by atoms with Gasteiger partial charge in [0.1, 0.15) is 19.3 Å². The van der Waals surface area contributed by atoms with Crippen molar-refractivity contribution in [2.24, 2.45) is 0 Å². The summed E-state index contributed by atoms with van der Waals surface area (Å²) in [5.41, 5.74) is 0. The molecule has 0 rings (SSSR count). The molecule has 0 saturated heterocycles. The molecule has 17 nitrogen and oxygen atoms in total. The van der Waals surface area contributed by atoms with Gasteiger partial charge in [-0.2, -0.15) is 0 Å². The van der Waals surface area contributed by atoms with Crippen molar-refractivity contribution in [1.29, 1.82) is 0 Å². The van der Waals surface area contributed by atoms with Crippen LogP contribution in [0.25, 0.3) is 0 Å². The molecular formula is C56H104O17P2. The van der Waals surface area contributed by atoms with E-state index in [0.29, 0.717) is 25.7 Å². The second-order valence-corrected chi connectivity index (χ2v) is 22.5. The minimum atomic E-state index is -4.94. The molecule has 0 aliphatic heterocycles. The van der Waals surface area contributed by atoms with Crippen LogP contribution in [0, 0.1) is 0 Å². The predicted octanol–water partition coefficient (Wildman–Crippen LogP) is 14.4. The molecule has 0 aliphatic rings. The Hall–Kier alpha value is -2.46. The number of unbranched alkanes of at least 4 members (excludes halogenated alkanes) is 26. The van der Waals surface area contributed by atoms with E-state index in [0.717, 1.165) is 128 Å². The fraction of sp³-hybridized carbons (Fsp3) is 0.857. The molecule has 0 aromatic heterocycles. The Balaban J connectivity index is 5.17. The third kappa shape index (κ3) is 50.8. The summed E-state index contributed by atoms with van der Waals surface area (Å²) in [5.74, 6) is -2.19. The van der Waals surface area contributed by atoms with Crippen molar-refractivity contribution in [1.82, 2.24) is 0 Å². The van der Waals surface area contributed by atoms with Gasteiger partial charge in [-0.25, -0.2) is 9.13 Å². The van der Waals surface area contributed by atoms with E-state index in [1.54, 1.807) is 0 Å². The predicted molar refractivity (Wildman–Crippen MR) is 294 cm³/mol. The molecule has 0 aromatic rings. The van der Waals surface area contributed by atoms with E-state index >= 15 is 0 Å². The SMILES string of the molecule is CCCCCC/C=C\C=C/CCCCCCCC(=O)O[C@H](COC(=O)CCCCCCCCCC)COP(=O)(O)OC[C@@H](O)COP(=O)(O)OC[C@@H](COC(=O)CCCCCCC)OC(=O)CCCCCCCCC. The Kier molecular flexibility index (Phi) is 49.3. The Bertz CT molecular complexity index is 1560. The summed E-state index contributed by atoms with van der Waals surface area (Å²) >= 11 is 0. The number of hydrogen-bond donors (Lipinski definition) is 3. The number of esters is 4. The lowest BCUT2D eigenvalue weighted by Crippen LogP contribution is -2.30. The largest absolute Gasteiger partial charge is 0.472 e. The molecule has 19 heteroatoms. The monoisotopic (exact) mass is 1110 g/mol. The summed E-state index contributed by atoms with van der Waals surface area (Å²) in [4.78, 5) is 71.3. The molecule has 440 valence electrons. The van der Waals surface area contributed by atoms with Crippen LogP contribution in [0.15, 0.2) is 24.3 Å². The number of hydrogen-bond acceptors (Lipinski definition) is 15. The lowest BCUT2D eigenvalue weighted by atomic mass is 10.1. The van der Waals surface area contributed by atoms with Crippen LogP contribution < -0.4 is 0 Å². The molecule has 0 radical (unpaired) electrons. The smallest absolute Gasteiger partial charge is 0.462 e. The zero-order chi connectivity index (χ0) is 55.5. The normalized spacial score (nSPS) is 14.6. The Morgan fingerprint density at radius 1 is 0.373 bits per heavy atom. The number of ether oxygens (including phenoxy) is 4. The standard InChI is InChI=1S/C56H104O17P2/c1-5-9-13-17-20-22-23-24-25-26-27-28-31-35-39-43-56(61)73-52(47-67-54(59)41-37-33-30-21-18-14-10-6-2)49-71-75(64,65)69-45-50(57)44-68-74(62,63)70-48-51(46-66-53(58)40-36-32-16-12-8-4)72-55(60)42-38-34-29-19-15-11-7-3/h22-25,50-52,57H,5-21,26-49H2,1-4H3,(H,62,63)(H,64,65)/b23-22-,25-24-/t50-,51+,52+/m0/s1. The summed E-state index contributed by atoms with van der Waals surface area (Å²) < 4.78 is 67.2. The van der Waals surface area contributed by atoms with Gasteiger partial charge in [0.25, 0.3) is 0 Å². The fourth-order valence-electron chi connectivity index (χ4n) is 7.68. The summed E-state index contributed by atoms with van der Waals surface area (Å²) in [6.07, 6.45) is 36.2. The first-order chi connectivity index (χ1) is 36.2. The highest BCUT2D eigenvalue weighted by atomic mass is 31.2. The minimum absolute atomic E-state index is 0.0847. The number of rotatable bonds is 55. The van der Waals surface area contributed by atoms with Gasteiger partial charge in [0.05, 0.1) is 26.4 Å². The highest BCUT2D eigenvalue weighted by molar-refractivity contribution is 7.47. The van der Waals surface area contributed by atoms with Crippen molar-refractivity contribution in [3.63, 3.8) is 0 Å². The molecule has 0 amide bonds. The lowest BCUT2D eigenvalue weighted by molar-refractivity contribution is -0.161. The van der Waals surface area contributed by atoms with Crippen molar-refractivity contribution >= 4 is 39.5 Å². The van der Waals surface area contributed by atoms with Gasteiger partial charge in [-0.3, -0.25) is 37.3 Å². The molecule has 0 bridgehead atoms. The van der Waals surface area contributed by atoms with Crippen LogP contribution >= 0.6 is 15.6 Å². The van der Waals surface area contributed by atoms with E-state index in [9.17, 15) is 43.2 Å². The number of phosphoric acid groups is 2. The molecule has 0 fully saturated rings. The molecule has 2 unspecified atom stereocenters. The molecular weight excluding hydrogens is 1010 g/mol. The first kappa shape index (κ1) is 72.5. The maximum absolute atomic E-state index is 12.9. The van der Waals surface area contributed by atoms with Crippen molar-refractivity contribution in [3.8, 4) is 0 Å². The number of carbonyl (C=O) groups excluding carboxylic acids is 4. The number of phosphoric ester groups is 2. The van der Waals surface area contributed by atoms with E-state index in [1.807, 2.05) is 0 Å². The van der Waals surface area contributed by atoms with Crippen molar-refractivity contribution in [3.05, 3.63) is 24.3 Å². The zero-order valence-corrected chi connectivity index (χ0v) is 48.8. The summed E-state index contributed by atoms with van der Waals surface area (Å²) in [6, 6.07) is 0. The van der Waals surface area contributed by atoms with E-state index in [4.69, 9.17) is 37.0 Å².